The van der Waals surface area contributed by atoms with Gasteiger partial charge in [-0.3, -0.25) is 4.79 Å². The molecule has 20 heavy (non-hydrogen) atoms. The van der Waals surface area contributed by atoms with Gasteiger partial charge in [0.1, 0.15) is 0 Å². The summed E-state index contributed by atoms with van der Waals surface area (Å²) in [6.07, 6.45) is 1.93. The summed E-state index contributed by atoms with van der Waals surface area (Å²) in [5.74, 6) is 0.325. The van der Waals surface area contributed by atoms with Crippen molar-refractivity contribution in [3.05, 3.63) is 33.0 Å². The Morgan fingerprint density at radius 3 is 2.75 bits per heavy atom. The average molecular weight is 308 g/mol. The number of carbonyl (C=O) groups is 1. The molecule has 2 rings (SSSR count). The largest absolute Gasteiger partial charge is 0.344 e. The van der Waals surface area contributed by atoms with E-state index in [0.717, 1.165) is 28.4 Å². The van der Waals surface area contributed by atoms with Gasteiger partial charge in [-0.15, -0.1) is 11.3 Å². The second kappa shape index (κ2) is 6.50. The van der Waals surface area contributed by atoms with E-state index in [9.17, 15) is 4.79 Å². The molecule has 2 aromatic heterocycles. The SMILES string of the molecule is CCC(C)c1nc(N(C)C(C)c2cccs2)sc1C=O. The smallest absolute Gasteiger partial charge is 0.186 e. The van der Waals surface area contributed by atoms with Gasteiger partial charge in [-0.05, 0) is 30.7 Å². The van der Waals surface area contributed by atoms with Crippen LogP contribution in [0.5, 0.6) is 0 Å². The summed E-state index contributed by atoms with van der Waals surface area (Å²) >= 11 is 3.24. The molecule has 0 aliphatic rings. The van der Waals surface area contributed by atoms with E-state index in [1.165, 1.54) is 16.2 Å². The predicted molar refractivity (Wildman–Crippen MR) is 87.3 cm³/mol. The summed E-state index contributed by atoms with van der Waals surface area (Å²) in [7, 11) is 2.04. The van der Waals surface area contributed by atoms with Crippen LogP contribution in [-0.2, 0) is 0 Å². The number of thiazole rings is 1. The Balaban J connectivity index is 2.28. The number of thiophene rings is 1. The molecule has 0 saturated carbocycles. The molecule has 0 aliphatic carbocycles. The van der Waals surface area contributed by atoms with Crippen molar-refractivity contribution in [2.45, 2.75) is 39.2 Å². The molecule has 5 heteroatoms. The summed E-state index contributed by atoms with van der Waals surface area (Å²) in [6, 6.07) is 4.47. The van der Waals surface area contributed by atoms with E-state index in [2.05, 4.69) is 43.2 Å². The normalized spacial score (nSPS) is 14.0. The van der Waals surface area contributed by atoms with Gasteiger partial charge < -0.3 is 4.90 Å². The standard InChI is InChI=1S/C15H20N2OS2/c1-5-10(2)14-13(9-18)20-15(16-14)17(4)11(3)12-7-6-8-19-12/h6-11H,5H2,1-4H3. The number of anilines is 1. The van der Waals surface area contributed by atoms with Gasteiger partial charge >= 0.3 is 0 Å². The molecule has 0 radical (unpaired) electrons. The fourth-order valence-corrected chi connectivity index (χ4v) is 3.87. The first kappa shape index (κ1) is 15.2. The Morgan fingerprint density at radius 2 is 2.20 bits per heavy atom. The highest BCUT2D eigenvalue weighted by molar-refractivity contribution is 7.17. The van der Waals surface area contributed by atoms with Gasteiger partial charge in [-0.1, -0.05) is 31.3 Å². The van der Waals surface area contributed by atoms with E-state index in [1.54, 1.807) is 11.3 Å². The molecule has 0 aromatic carbocycles. The first-order chi connectivity index (χ1) is 9.58. The zero-order valence-corrected chi connectivity index (χ0v) is 13.9. The molecule has 0 aliphatic heterocycles. The van der Waals surface area contributed by atoms with Crippen LogP contribution in [0.2, 0.25) is 0 Å². The topological polar surface area (TPSA) is 33.2 Å². The van der Waals surface area contributed by atoms with Crippen molar-refractivity contribution in [2.24, 2.45) is 0 Å². The van der Waals surface area contributed by atoms with Gasteiger partial charge in [0.25, 0.3) is 0 Å². The lowest BCUT2D eigenvalue weighted by molar-refractivity contribution is 0.112. The fraction of sp³-hybridized carbons (Fsp3) is 0.467. The maximum absolute atomic E-state index is 11.2. The van der Waals surface area contributed by atoms with E-state index in [4.69, 9.17) is 4.98 Å². The highest BCUT2D eigenvalue weighted by Gasteiger charge is 2.21. The van der Waals surface area contributed by atoms with Crippen LogP contribution in [0.1, 0.15) is 59.4 Å². The van der Waals surface area contributed by atoms with Gasteiger partial charge in [0.15, 0.2) is 11.4 Å². The number of nitrogens with zero attached hydrogens (tertiary/aromatic N) is 2. The third-order valence-corrected chi connectivity index (χ3v) is 5.82. The first-order valence-corrected chi connectivity index (χ1v) is 8.50. The van der Waals surface area contributed by atoms with Crippen LogP contribution in [0.3, 0.4) is 0 Å². The van der Waals surface area contributed by atoms with Crippen molar-refractivity contribution < 1.29 is 4.79 Å². The monoisotopic (exact) mass is 308 g/mol. The lowest BCUT2D eigenvalue weighted by Crippen LogP contribution is -2.20. The van der Waals surface area contributed by atoms with E-state index in [-0.39, 0.29) is 6.04 Å². The van der Waals surface area contributed by atoms with Gasteiger partial charge in [0.05, 0.1) is 16.6 Å². The number of hydrogen-bond donors (Lipinski definition) is 0. The summed E-state index contributed by atoms with van der Waals surface area (Å²) in [4.78, 5) is 20.2. The zero-order chi connectivity index (χ0) is 14.7. The summed E-state index contributed by atoms with van der Waals surface area (Å²) < 4.78 is 0. The van der Waals surface area contributed by atoms with Crippen molar-refractivity contribution in [1.29, 1.82) is 0 Å². The van der Waals surface area contributed by atoms with Crippen LogP contribution < -0.4 is 4.90 Å². The summed E-state index contributed by atoms with van der Waals surface area (Å²) in [5, 5.41) is 3.01. The van der Waals surface area contributed by atoms with Crippen molar-refractivity contribution >= 4 is 34.1 Å². The minimum atomic E-state index is 0.269. The van der Waals surface area contributed by atoms with Gasteiger partial charge in [-0.2, -0.15) is 0 Å². The lowest BCUT2D eigenvalue weighted by Gasteiger charge is -2.23. The molecule has 3 nitrogen and oxygen atoms in total. The Morgan fingerprint density at radius 1 is 1.45 bits per heavy atom. The molecule has 108 valence electrons. The van der Waals surface area contributed by atoms with Crippen LogP contribution in [0.4, 0.5) is 5.13 Å². The van der Waals surface area contributed by atoms with Crippen molar-refractivity contribution in [3.63, 3.8) is 0 Å². The molecule has 2 unspecified atom stereocenters. The maximum atomic E-state index is 11.2. The Bertz CT molecular complexity index is 562. The molecule has 0 fully saturated rings. The minimum Gasteiger partial charge on any atom is -0.344 e. The molecule has 2 atom stereocenters. The third-order valence-electron chi connectivity index (χ3n) is 3.69. The first-order valence-electron chi connectivity index (χ1n) is 6.80. The molecule has 2 heterocycles. The van der Waals surface area contributed by atoms with E-state index < -0.39 is 0 Å². The van der Waals surface area contributed by atoms with E-state index in [0.29, 0.717) is 5.92 Å². The predicted octanol–water partition coefficient (Wildman–Crippen LogP) is 4.73. The van der Waals surface area contributed by atoms with Crippen LogP contribution in [0.15, 0.2) is 17.5 Å². The lowest BCUT2D eigenvalue weighted by atomic mass is 10.0. The number of hydrogen-bond acceptors (Lipinski definition) is 5. The van der Waals surface area contributed by atoms with Crippen molar-refractivity contribution in [1.82, 2.24) is 4.98 Å². The van der Waals surface area contributed by atoms with Gasteiger partial charge in [-0.25, -0.2) is 4.98 Å². The van der Waals surface area contributed by atoms with Crippen molar-refractivity contribution in [3.8, 4) is 0 Å². The van der Waals surface area contributed by atoms with E-state index >= 15 is 0 Å². The highest BCUT2D eigenvalue weighted by Crippen LogP contribution is 2.34. The molecule has 0 N–H and O–H groups in total. The van der Waals surface area contributed by atoms with Crippen LogP contribution >= 0.6 is 22.7 Å². The Hall–Kier alpha value is -1.20. The molecule has 0 amide bonds. The molecular formula is C15H20N2OS2. The minimum absolute atomic E-state index is 0.269. The fourth-order valence-electron chi connectivity index (χ4n) is 2.00. The third kappa shape index (κ3) is 2.94. The molecule has 0 saturated heterocycles. The average Bonchev–Trinajstić information content (AvgIpc) is 3.13. The number of carbonyl (C=O) groups excluding carboxylic acids is 1. The van der Waals surface area contributed by atoms with Crippen LogP contribution in [0, 0.1) is 0 Å². The summed E-state index contributed by atoms with van der Waals surface area (Å²) in [6.45, 7) is 6.40. The summed E-state index contributed by atoms with van der Waals surface area (Å²) in [5.41, 5.74) is 0.938. The number of aldehydes is 1. The second-order valence-corrected chi connectivity index (χ2v) is 6.96. The quantitative estimate of drug-likeness (QED) is 0.723. The van der Waals surface area contributed by atoms with Crippen LogP contribution in [-0.4, -0.2) is 18.3 Å². The zero-order valence-electron chi connectivity index (χ0n) is 12.3. The maximum Gasteiger partial charge on any atom is 0.186 e. The molecular weight excluding hydrogens is 288 g/mol. The van der Waals surface area contributed by atoms with Crippen molar-refractivity contribution in [2.75, 3.05) is 11.9 Å². The van der Waals surface area contributed by atoms with Crippen LogP contribution in [0.25, 0.3) is 0 Å². The number of rotatable bonds is 6. The Labute approximate surface area is 128 Å². The molecule has 0 bridgehead atoms. The number of aromatic nitrogens is 1. The highest BCUT2D eigenvalue weighted by atomic mass is 32.1. The van der Waals surface area contributed by atoms with Gasteiger partial charge in [0, 0.05) is 11.9 Å². The van der Waals surface area contributed by atoms with Gasteiger partial charge in [0.2, 0.25) is 0 Å². The second-order valence-electron chi connectivity index (χ2n) is 4.98. The van der Waals surface area contributed by atoms with E-state index in [1.807, 2.05) is 7.05 Å². The Kier molecular flexibility index (Phi) is 4.94. The molecule has 0 spiro atoms. The molecule has 2 aromatic rings.